The molecular formula is C14H18FNO2. The molecule has 0 saturated carbocycles. The zero-order valence-corrected chi connectivity index (χ0v) is 10.8. The molecule has 0 amide bonds. The van der Waals surface area contributed by atoms with Gasteiger partial charge in [0.15, 0.2) is 5.78 Å². The Morgan fingerprint density at radius 3 is 2.83 bits per heavy atom. The van der Waals surface area contributed by atoms with E-state index in [4.69, 9.17) is 4.74 Å². The van der Waals surface area contributed by atoms with Crippen molar-refractivity contribution >= 4 is 5.78 Å². The van der Waals surface area contributed by atoms with Gasteiger partial charge >= 0.3 is 0 Å². The lowest BCUT2D eigenvalue weighted by Crippen LogP contribution is -2.49. The average Bonchev–Trinajstić information content (AvgIpc) is 2.28. The molecule has 0 spiro atoms. The van der Waals surface area contributed by atoms with Gasteiger partial charge in [-0.3, -0.25) is 9.69 Å². The number of benzene rings is 1. The van der Waals surface area contributed by atoms with Gasteiger partial charge in [0, 0.05) is 13.1 Å². The van der Waals surface area contributed by atoms with Gasteiger partial charge in [0.25, 0.3) is 0 Å². The second kappa shape index (κ2) is 5.16. The van der Waals surface area contributed by atoms with E-state index in [0.29, 0.717) is 19.7 Å². The SMILES string of the molecule is CC1(C)CN(CC(=O)c2ccccc2F)CCO1. The number of halogens is 1. The Bertz CT molecular complexity index is 445. The van der Waals surface area contributed by atoms with Crippen molar-refractivity contribution in [2.24, 2.45) is 0 Å². The number of Topliss-reactive ketones (excluding diaryl/α,β-unsaturated/α-hetero) is 1. The number of rotatable bonds is 3. The first-order valence-electron chi connectivity index (χ1n) is 6.12. The highest BCUT2D eigenvalue weighted by Crippen LogP contribution is 2.17. The maximum Gasteiger partial charge on any atom is 0.179 e. The van der Waals surface area contributed by atoms with E-state index in [-0.39, 0.29) is 23.5 Å². The molecule has 1 aliphatic heterocycles. The van der Waals surface area contributed by atoms with E-state index in [1.165, 1.54) is 12.1 Å². The summed E-state index contributed by atoms with van der Waals surface area (Å²) in [6.45, 7) is 6.24. The summed E-state index contributed by atoms with van der Waals surface area (Å²) < 4.78 is 19.1. The molecule has 2 rings (SSSR count). The summed E-state index contributed by atoms with van der Waals surface area (Å²) in [6.07, 6.45) is 0. The van der Waals surface area contributed by atoms with Crippen molar-refractivity contribution in [2.75, 3.05) is 26.2 Å². The highest BCUT2D eigenvalue weighted by Gasteiger charge is 2.28. The first kappa shape index (κ1) is 13.2. The standard InChI is InChI=1S/C14H18FNO2/c1-14(2)10-16(7-8-18-14)9-13(17)11-5-3-4-6-12(11)15/h3-6H,7-10H2,1-2H3. The van der Waals surface area contributed by atoms with Crippen molar-refractivity contribution in [3.63, 3.8) is 0 Å². The molecule has 0 N–H and O–H groups in total. The summed E-state index contributed by atoms with van der Waals surface area (Å²) in [4.78, 5) is 14.0. The van der Waals surface area contributed by atoms with Crippen LogP contribution in [0.15, 0.2) is 24.3 Å². The van der Waals surface area contributed by atoms with E-state index in [9.17, 15) is 9.18 Å². The molecule has 0 aromatic heterocycles. The summed E-state index contributed by atoms with van der Waals surface area (Å²) in [5.74, 6) is -0.624. The molecule has 1 aromatic rings. The summed E-state index contributed by atoms with van der Waals surface area (Å²) in [6, 6.07) is 6.11. The van der Waals surface area contributed by atoms with Gasteiger partial charge in [-0.05, 0) is 26.0 Å². The Kier molecular flexibility index (Phi) is 3.78. The Morgan fingerprint density at radius 2 is 2.17 bits per heavy atom. The Balaban J connectivity index is 2.02. The largest absolute Gasteiger partial charge is 0.373 e. The molecule has 1 aromatic carbocycles. The number of hydrogen-bond donors (Lipinski definition) is 0. The summed E-state index contributed by atoms with van der Waals surface area (Å²) >= 11 is 0. The highest BCUT2D eigenvalue weighted by atomic mass is 19.1. The Morgan fingerprint density at radius 1 is 1.44 bits per heavy atom. The molecule has 0 aliphatic carbocycles. The van der Waals surface area contributed by atoms with E-state index < -0.39 is 5.82 Å². The van der Waals surface area contributed by atoms with Gasteiger partial charge in [0.2, 0.25) is 0 Å². The number of nitrogens with zero attached hydrogens (tertiary/aromatic N) is 1. The van der Waals surface area contributed by atoms with E-state index in [2.05, 4.69) is 0 Å². The van der Waals surface area contributed by atoms with Crippen LogP contribution in [0.4, 0.5) is 4.39 Å². The minimum Gasteiger partial charge on any atom is -0.373 e. The number of ketones is 1. The number of morpholine rings is 1. The second-order valence-electron chi connectivity index (χ2n) is 5.22. The van der Waals surface area contributed by atoms with Crippen LogP contribution in [0.1, 0.15) is 24.2 Å². The van der Waals surface area contributed by atoms with E-state index in [0.717, 1.165) is 0 Å². The number of ether oxygens (including phenoxy) is 1. The van der Waals surface area contributed by atoms with Crippen molar-refractivity contribution < 1.29 is 13.9 Å². The van der Waals surface area contributed by atoms with Crippen LogP contribution in [0.2, 0.25) is 0 Å². The number of hydrogen-bond acceptors (Lipinski definition) is 3. The van der Waals surface area contributed by atoms with Crippen LogP contribution in [0.5, 0.6) is 0 Å². The van der Waals surface area contributed by atoms with E-state index in [1.807, 2.05) is 18.7 Å². The van der Waals surface area contributed by atoms with Crippen LogP contribution in [0, 0.1) is 5.82 Å². The average molecular weight is 251 g/mol. The molecule has 3 nitrogen and oxygen atoms in total. The van der Waals surface area contributed by atoms with Gasteiger partial charge in [-0.2, -0.15) is 0 Å². The van der Waals surface area contributed by atoms with E-state index >= 15 is 0 Å². The maximum atomic E-state index is 13.5. The fourth-order valence-corrected chi connectivity index (χ4v) is 2.22. The molecule has 0 bridgehead atoms. The van der Waals surface area contributed by atoms with Crippen LogP contribution in [0.3, 0.4) is 0 Å². The molecule has 1 fully saturated rings. The zero-order chi connectivity index (χ0) is 13.2. The monoisotopic (exact) mass is 251 g/mol. The molecule has 1 saturated heterocycles. The molecule has 0 unspecified atom stereocenters. The third-order valence-corrected chi connectivity index (χ3v) is 3.05. The maximum absolute atomic E-state index is 13.5. The van der Waals surface area contributed by atoms with Gasteiger partial charge in [-0.25, -0.2) is 4.39 Å². The fourth-order valence-electron chi connectivity index (χ4n) is 2.22. The van der Waals surface area contributed by atoms with Gasteiger partial charge in [0.1, 0.15) is 5.82 Å². The lowest BCUT2D eigenvalue weighted by Gasteiger charge is -2.37. The summed E-state index contributed by atoms with van der Waals surface area (Å²) in [7, 11) is 0. The van der Waals surface area contributed by atoms with Crippen molar-refractivity contribution in [2.45, 2.75) is 19.4 Å². The molecule has 18 heavy (non-hydrogen) atoms. The van der Waals surface area contributed by atoms with Gasteiger partial charge in [-0.15, -0.1) is 0 Å². The van der Waals surface area contributed by atoms with Crippen LogP contribution in [-0.2, 0) is 4.74 Å². The normalized spacial score (nSPS) is 19.7. The van der Waals surface area contributed by atoms with Crippen LogP contribution >= 0.6 is 0 Å². The van der Waals surface area contributed by atoms with Gasteiger partial charge in [-0.1, -0.05) is 12.1 Å². The number of carbonyl (C=O) groups excluding carboxylic acids is 1. The van der Waals surface area contributed by atoms with Crippen molar-refractivity contribution in [1.82, 2.24) is 4.90 Å². The predicted molar refractivity (Wildman–Crippen MR) is 67.2 cm³/mol. The fraction of sp³-hybridized carbons (Fsp3) is 0.500. The summed E-state index contributed by atoms with van der Waals surface area (Å²) in [5.41, 5.74) is -0.0740. The molecule has 0 radical (unpaired) electrons. The first-order chi connectivity index (χ1) is 8.48. The van der Waals surface area contributed by atoms with Crippen molar-refractivity contribution in [1.29, 1.82) is 0 Å². The minimum absolute atomic E-state index is 0.168. The molecule has 0 atom stereocenters. The topological polar surface area (TPSA) is 29.5 Å². The summed E-state index contributed by atoms with van der Waals surface area (Å²) in [5, 5.41) is 0. The molecular weight excluding hydrogens is 233 g/mol. The lowest BCUT2D eigenvalue weighted by molar-refractivity contribution is -0.0833. The van der Waals surface area contributed by atoms with Crippen LogP contribution < -0.4 is 0 Å². The molecule has 1 aliphatic rings. The lowest BCUT2D eigenvalue weighted by atomic mass is 10.1. The first-order valence-corrected chi connectivity index (χ1v) is 6.12. The van der Waals surface area contributed by atoms with Crippen LogP contribution in [-0.4, -0.2) is 42.5 Å². The van der Waals surface area contributed by atoms with Gasteiger partial charge in [0.05, 0.1) is 24.3 Å². The third-order valence-electron chi connectivity index (χ3n) is 3.05. The zero-order valence-electron chi connectivity index (χ0n) is 10.8. The quantitative estimate of drug-likeness (QED) is 0.771. The third kappa shape index (κ3) is 3.15. The molecule has 4 heteroatoms. The highest BCUT2D eigenvalue weighted by molar-refractivity contribution is 5.97. The Labute approximate surface area is 107 Å². The van der Waals surface area contributed by atoms with E-state index in [1.54, 1.807) is 12.1 Å². The Hall–Kier alpha value is -1.26. The smallest absolute Gasteiger partial charge is 0.179 e. The second-order valence-corrected chi connectivity index (χ2v) is 5.22. The molecule has 1 heterocycles. The number of carbonyl (C=O) groups is 1. The van der Waals surface area contributed by atoms with Crippen molar-refractivity contribution in [3.8, 4) is 0 Å². The van der Waals surface area contributed by atoms with Crippen LogP contribution in [0.25, 0.3) is 0 Å². The molecule has 98 valence electrons. The van der Waals surface area contributed by atoms with Crippen molar-refractivity contribution in [3.05, 3.63) is 35.6 Å². The van der Waals surface area contributed by atoms with Gasteiger partial charge < -0.3 is 4.74 Å². The minimum atomic E-state index is -0.449. The predicted octanol–water partition coefficient (Wildman–Crippen LogP) is 2.12.